The molecule has 0 bridgehead atoms. The van der Waals surface area contributed by atoms with E-state index in [-0.39, 0.29) is 0 Å². The average Bonchev–Trinajstić information content (AvgIpc) is 2.70. The second-order valence-electron chi connectivity index (χ2n) is 6.57. The zero-order valence-electron chi connectivity index (χ0n) is 15.6. The van der Waals surface area contributed by atoms with Gasteiger partial charge in [0.2, 0.25) is 5.91 Å². The Labute approximate surface area is 170 Å². The molecule has 1 fully saturated rings. The van der Waals surface area contributed by atoms with Crippen molar-refractivity contribution in [3.05, 3.63) is 57.5 Å². The number of alkyl halides is 3. The number of pyridine rings is 1. The molecule has 0 saturated carbocycles. The van der Waals surface area contributed by atoms with E-state index in [4.69, 9.17) is 16.3 Å². The van der Waals surface area contributed by atoms with Crippen molar-refractivity contribution in [3.63, 3.8) is 0 Å². The highest BCUT2D eigenvalue weighted by Gasteiger charge is 2.32. The number of carbonyl (C=O) groups excluding carboxylic acids is 1. The number of anilines is 1. The average molecular weight is 430 g/mol. The van der Waals surface area contributed by atoms with Crippen LogP contribution in [-0.2, 0) is 17.5 Å². The number of methoxy groups -OCH3 is 1. The van der Waals surface area contributed by atoms with Gasteiger partial charge in [0.25, 0.3) is 5.56 Å². The Hall–Kier alpha value is -2.68. The van der Waals surface area contributed by atoms with Crippen LogP contribution >= 0.6 is 11.6 Å². The van der Waals surface area contributed by atoms with Crippen molar-refractivity contribution < 1.29 is 22.7 Å². The Balaban J connectivity index is 1.65. The van der Waals surface area contributed by atoms with Crippen LogP contribution in [-0.4, -0.2) is 48.7 Å². The van der Waals surface area contributed by atoms with Gasteiger partial charge in [0, 0.05) is 38.1 Å². The molecule has 1 amide bonds. The number of piperazine rings is 1. The largest absolute Gasteiger partial charge is 0.497 e. The van der Waals surface area contributed by atoms with Gasteiger partial charge >= 0.3 is 6.18 Å². The Morgan fingerprint density at radius 2 is 1.76 bits per heavy atom. The van der Waals surface area contributed by atoms with Crippen molar-refractivity contribution in [2.45, 2.75) is 12.7 Å². The Morgan fingerprint density at radius 1 is 1.14 bits per heavy atom. The minimum Gasteiger partial charge on any atom is -0.497 e. The molecule has 0 atom stereocenters. The third kappa shape index (κ3) is 4.84. The summed E-state index contributed by atoms with van der Waals surface area (Å²) in [5.74, 6) is 0.310. The molecule has 1 saturated heterocycles. The zero-order valence-corrected chi connectivity index (χ0v) is 16.3. The summed E-state index contributed by atoms with van der Waals surface area (Å²) in [4.78, 5) is 28.2. The van der Waals surface area contributed by atoms with E-state index in [0.29, 0.717) is 43.0 Å². The maximum absolute atomic E-state index is 12.9. The second-order valence-corrected chi connectivity index (χ2v) is 6.98. The molecular formula is C19H19ClF3N3O3. The summed E-state index contributed by atoms with van der Waals surface area (Å²) in [5, 5.41) is -0.572. The fourth-order valence-electron chi connectivity index (χ4n) is 3.12. The lowest BCUT2D eigenvalue weighted by atomic mass is 10.2. The molecule has 1 aromatic heterocycles. The van der Waals surface area contributed by atoms with Crippen LogP contribution in [0.1, 0.15) is 5.56 Å². The molecule has 0 radical (unpaired) electrons. The van der Waals surface area contributed by atoms with Crippen LogP contribution in [0.3, 0.4) is 0 Å². The SMILES string of the molecule is COc1ccc(N2CCN(C(=O)Cn3cc(C(F)(F)F)cc(Cl)c3=O)CC2)cc1. The lowest BCUT2D eigenvalue weighted by molar-refractivity contribution is -0.138. The first kappa shape index (κ1) is 21.0. The lowest BCUT2D eigenvalue weighted by Gasteiger charge is -2.36. The molecule has 1 aliphatic heterocycles. The van der Waals surface area contributed by atoms with E-state index in [9.17, 15) is 22.8 Å². The van der Waals surface area contributed by atoms with Crippen LogP contribution in [0.4, 0.5) is 18.9 Å². The van der Waals surface area contributed by atoms with Crippen LogP contribution in [0.25, 0.3) is 0 Å². The number of ether oxygens (including phenoxy) is 1. The maximum atomic E-state index is 12.9. The molecule has 6 nitrogen and oxygen atoms in total. The topological polar surface area (TPSA) is 54.8 Å². The maximum Gasteiger partial charge on any atom is 0.417 e. The van der Waals surface area contributed by atoms with Gasteiger partial charge in [0.05, 0.1) is 12.7 Å². The van der Waals surface area contributed by atoms with Crippen molar-refractivity contribution in [1.29, 1.82) is 0 Å². The van der Waals surface area contributed by atoms with Gasteiger partial charge in [-0.3, -0.25) is 9.59 Å². The summed E-state index contributed by atoms with van der Waals surface area (Å²) in [5.41, 5.74) is -0.914. The highest BCUT2D eigenvalue weighted by Crippen LogP contribution is 2.29. The van der Waals surface area contributed by atoms with E-state index in [1.54, 1.807) is 7.11 Å². The third-order valence-corrected chi connectivity index (χ3v) is 5.02. The minimum absolute atomic E-state index is 0.395. The highest BCUT2D eigenvalue weighted by molar-refractivity contribution is 6.30. The first-order valence-corrected chi connectivity index (χ1v) is 9.21. The van der Waals surface area contributed by atoms with Gasteiger partial charge in [-0.05, 0) is 30.3 Å². The van der Waals surface area contributed by atoms with Crippen molar-refractivity contribution in [3.8, 4) is 5.75 Å². The first-order valence-electron chi connectivity index (χ1n) is 8.83. The summed E-state index contributed by atoms with van der Waals surface area (Å²) in [7, 11) is 1.59. The number of amides is 1. The van der Waals surface area contributed by atoms with Crippen molar-refractivity contribution in [2.75, 3.05) is 38.2 Å². The monoisotopic (exact) mass is 429 g/mol. The number of benzene rings is 1. The quantitative estimate of drug-likeness (QED) is 0.750. The molecule has 0 N–H and O–H groups in total. The van der Waals surface area contributed by atoms with Crippen molar-refractivity contribution in [1.82, 2.24) is 9.47 Å². The first-order chi connectivity index (χ1) is 13.7. The molecule has 29 heavy (non-hydrogen) atoms. The van der Waals surface area contributed by atoms with E-state index in [1.807, 2.05) is 24.3 Å². The molecule has 156 valence electrons. The number of nitrogens with zero attached hydrogens (tertiary/aromatic N) is 3. The van der Waals surface area contributed by atoms with Crippen molar-refractivity contribution in [2.24, 2.45) is 0 Å². The van der Waals surface area contributed by atoms with Crippen LogP contribution in [0.5, 0.6) is 5.75 Å². The number of rotatable bonds is 4. The Morgan fingerprint density at radius 3 is 2.31 bits per heavy atom. The molecule has 1 aromatic carbocycles. The molecule has 2 heterocycles. The number of hydrogen-bond donors (Lipinski definition) is 0. The van der Waals surface area contributed by atoms with Gasteiger partial charge in [-0.2, -0.15) is 13.2 Å². The predicted octanol–water partition coefficient (Wildman–Crippen LogP) is 2.88. The fourth-order valence-corrected chi connectivity index (χ4v) is 3.35. The van der Waals surface area contributed by atoms with Crippen LogP contribution in [0, 0.1) is 0 Å². The highest BCUT2D eigenvalue weighted by atomic mass is 35.5. The standard InChI is InChI=1S/C19H19ClF3N3O3/c1-29-15-4-2-14(3-5-15)24-6-8-25(9-7-24)17(27)12-26-11-13(19(21,22)23)10-16(20)18(26)28/h2-5,10-11H,6-9,12H2,1H3. The summed E-state index contributed by atoms with van der Waals surface area (Å²) in [6.45, 7) is 1.43. The summed E-state index contributed by atoms with van der Waals surface area (Å²) in [6, 6.07) is 8.09. The molecule has 2 aromatic rings. The minimum atomic E-state index is -4.66. The van der Waals surface area contributed by atoms with Gasteiger partial charge < -0.3 is 19.1 Å². The van der Waals surface area contributed by atoms with Crippen molar-refractivity contribution >= 4 is 23.2 Å². The number of aromatic nitrogens is 1. The Bertz CT molecular complexity index is 936. The van der Waals surface area contributed by atoms with Crippen LogP contribution in [0.15, 0.2) is 41.3 Å². The predicted molar refractivity (Wildman–Crippen MR) is 103 cm³/mol. The molecule has 10 heteroatoms. The van der Waals surface area contributed by atoms with Gasteiger partial charge in [-0.1, -0.05) is 11.6 Å². The van der Waals surface area contributed by atoms with E-state index >= 15 is 0 Å². The van der Waals surface area contributed by atoms with Gasteiger partial charge in [0.15, 0.2) is 0 Å². The van der Waals surface area contributed by atoms with Gasteiger partial charge in [-0.25, -0.2) is 0 Å². The summed E-state index contributed by atoms with van der Waals surface area (Å²) >= 11 is 5.63. The molecule has 1 aliphatic rings. The Kier molecular flexibility index (Phi) is 6.07. The van der Waals surface area contributed by atoms with E-state index in [1.165, 1.54) is 4.90 Å². The van der Waals surface area contributed by atoms with Crippen LogP contribution in [0.2, 0.25) is 5.02 Å². The molecule has 0 aliphatic carbocycles. The number of halogens is 4. The summed E-state index contributed by atoms with van der Waals surface area (Å²) < 4.78 is 44.7. The molecule has 0 spiro atoms. The smallest absolute Gasteiger partial charge is 0.417 e. The zero-order chi connectivity index (χ0) is 21.2. The number of carbonyl (C=O) groups is 1. The fraction of sp³-hybridized carbons (Fsp3) is 0.368. The number of hydrogen-bond acceptors (Lipinski definition) is 4. The lowest BCUT2D eigenvalue weighted by Crippen LogP contribution is -2.50. The van der Waals surface area contributed by atoms with Gasteiger partial charge in [0.1, 0.15) is 17.3 Å². The second kappa shape index (κ2) is 8.36. The van der Waals surface area contributed by atoms with E-state index in [2.05, 4.69) is 4.90 Å². The van der Waals surface area contributed by atoms with E-state index < -0.39 is 34.8 Å². The molecule has 0 unspecified atom stereocenters. The van der Waals surface area contributed by atoms with Crippen LogP contribution < -0.4 is 15.2 Å². The van der Waals surface area contributed by atoms with E-state index in [0.717, 1.165) is 11.4 Å². The summed E-state index contributed by atoms with van der Waals surface area (Å²) in [6.07, 6.45) is -4.04. The third-order valence-electron chi connectivity index (χ3n) is 4.75. The molecule has 3 rings (SSSR count). The normalized spacial score (nSPS) is 14.8. The molecular weight excluding hydrogens is 411 g/mol. The van der Waals surface area contributed by atoms with Gasteiger partial charge in [-0.15, -0.1) is 0 Å².